The second kappa shape index (κ2) is 5.36. The van der Waals surface area contributed by atoms with Crippen LogP contribution in [0.25, 0.3) is 0 Å². The normalized spacial score (nSPS) is 22.8. The van der Waals surface area contributed by atoms with E-state index in [0.29, 0.717) is 11.4 Å². The van der Waals surface area contributed by atoms with E-state index in [1.54, 1.807) is 19.2 Å². The highest BCUT2D eigenvalue weighted by Crippen LogP contribution is 2.30. The van der Waals surface area contributed by atoms with Crippen LogP contribution < -0.4 is 15.8 Å². The van der Waals surface area contributed by atoms with E-state index in [2.05, 4.69) is 10.0 Å². The Kier molecular flexibility index (Phi) is 3.98. The lowest BCUT2D eigenvalue weighted by Gasteiger charge is -2.35. The molecule has 0 unspecified atom stereocenters. The van der Waals surface area contributed by atoms with Crippen molar-refractivity contribution in [3.63, 3.8) is 0 Å². The first-order valence-corrected chi connectivity index (χ1v) is 7.57. The minimum Gasteiger partial charge on any atom is -0.397 e. The second-order valence-corrected chi connectivity index (χ2v) is 6.51. The number of nitrogens with one attached hydrogen (secondary N) is 2. The van der Waals surface area contributed by atoms with Gasteiger partial charge >= 0.3 is 0 Å². The minimum absolute atomic E-state index is 0.203. The molecule has 0 spiro atoms. The molecule has 0 aromatic heterocycles. The zero-order chi connectivity index (χ0) is 14.0. The second-order valence-electron chi connectivity index (χ2n) is 4.63. The molecule has 19 heavy (non-hydrogen) atoms. The van der Waals surface area contributed by atoms with E-state index < -0.39 is 10.0 Å². The van der Waals surface area contributed by atoms with Gasteiger partial charge in [0.05, 0.1) is 22.4 Å². The third-order valence-electron chi connectivity index (χ3n) is 3.39. The molecule has 2 rings (SSSR count). The first-order chi connectivity index (χ1) is 8.96. The van der Waals surface area contributed by atoms with Crippen molar-refractivity contribution < 1.29 is 13.2 Å². The van der Waals surface area contributed by atoms with Crippen LogP contribution in [-0.2, 0) is 14.8 Å². The monoisotopic (exact) mass is 285 g/mol. The lowest BCUT2D eigenvalue weighted by atomic mass is 9.89. The molecule has 1 aliphatic carbocycles. The zero-order valence-corrected chi connectivity index (χ0v) is 11.8. The van der Waals surface area contributed by atoms with Crippen molar-refractivity contribution >= 4 is 21.4 Å². The van der Waals surface area contributed by atoms with Gasteiger partial charge < -0.3 is 15.8 Å². The van der Waals surface area contributed by atoms with Crippen LogP contribution in [0.2, 0.25) is 0 Å². The number of benzene rings is 1. The van der Waals surface area contributed by atoms with Gasteiger partial charge in [0.1, 0.15) is 0 Å². The quantitative estimate of drug-likeness (QED) is 0.695. The van der Waals surface area contributed by atoms with Gasteiger partial charge in [-0.2, -0.15) is 0 Å². The van der Waals surface area contributed by atoms with Gasteiger partial charge in [-0.25, -0.2) is 13.1 Å². The molecule has 0 aliphatic heterocycles. The Morgan fingerprint density at radius 3 is 2.63 bits per heavy atom. The molecular weight excluding hydrogens is 266 g/mol. The fourth-order valence-electron chi connectivity index (χ4n) is 2.04. The Morgan fingerprint density at radius 2 is 2.05 bits per heavy atom. The Labute approximate surface area is 113 Å². The number of nitrogens with two attached hydrogens (primary N) is 1. The van der Waals surface area contributed by atoms with E-state index in [1.807, 2.05) is 0 Å². The predicted molar refractivity (Wildman–Crippen MR) is 74.5 cm³/mol. The Hall–Kier alpha value is -1.31. The smallest absolute Gasteiger partial charge is 0.240 e. The van der Waals surface area contributed by atoms with E-state index in [-0.39, 0.29) is 17.0 Å². The maximum absolute atomic E-state index is 11.7. The summed E-state index contributed by atoms with van der Waals surface area (Å²) in [6.45, 7) is 0. The molecule has 0 atom stereocenters. The molecule has 0 radical (unpaired) electrons. The number of nitrogen functional groups attached to an aromatic ring is 1. The van der Waals surface area contributed by atoms with Gasteiger partial charge in [-0.1, -0.05) is 0 Å². The standard InChI is InChI=1S/C12H19N3O3S/c1-14-19(16,17)10-3-4-11(13)12(7-10)15-8-5-9(6-8)18-2/h3-4,7-9,14-15H,5-6,13H2,1-2H3. The molecule has 0 amide bonds. The average molecular weight is 285 g/mol. The summed E-state index contributed by atoms with van der Waals surface area (Å²) >= 11 is 0. The maximum Gasteiger partial charge on any atom is 0.240 e. The molecule has 1 saturated carbocycles. The molecule has 106 valence electrons. The molecule has 1 aromatic rings. The summed E-state index contributed by atoms with van der Waals surface area (Å²) in [7, 11) is -0.375. The molecule has 0 saturated heterocycles. The van der Waals surface area contributed by atoms with Crippen LogP contribution in [0.5, 0.6) is 0 Å². The van der Waals surface area contributed by atoms with Gasteiger partial charge in [-0.15, -0.1) is 0 Å². The molecular formula is C12H19N3O3S. The molecule has 6 nitrogen and oxygen atoms in total. The summed E-state index contributed by atoms with van der Waals surface area (Å²) < 4.78 is 31.0. The number of methoxy groups -OCH3 is 1. The Bertz CT molecular complexity index is 553. The molecule has 0 bridgehead atoms. The van der Waals surface area contributed by atoms with Gasteiger partial charge in [-0.3, -0.25) is 0 Å². The number of hydrogen-bond donors (Lipinski definition) is 3. The van der Waals surface area contributed by atoms with Crippen LogP contribution in [0.15, 0.2) is 23.1 Å². The van der Waals surface area contributed by atoms with Crippen LogP contribution in [-0.4, -0.2) is 34.7 Å². The molecule has 0 heterocycles. The maximum atomic E-state index is 11.7. The molecule has 1 aromatic carbocycles. The minimum atomic E-state index is -3.45. The van der Waals surface area contributed by atoms with Crippen molar-refractivity contribution in [3.05, 3.63) is 18.2 Å². The van der Waals surface area contributed by atoms with E-state index in [0.717, 1.165) is 12.8 Å². The molecule has 7 heteroatoms. The first-order valence-electron chi connectivity index (χ1n) is 6.08. The summed E-state index contributed by atoms with van der Waals surface area (Å²) in [6.07, 6.45) is 2.08. The van der Waals surface area contributed by atoms with Gasteiger partial charge in [0.2, 0.25) is 10.0 Å². The highest BCUT2D eigenvalue weighted by molar-refractivity contribution is 7.89. The van der Waals surface area contributed by atoms with E-state index >= 15 is 0 Å². The molecule has 4 N–H and O–H groups in total. The van der Waals surface area contributed by atoms with Crippen LogP contribution in [0.4, 0.5) is 11.4 Å². The summed E-state index contributed by atoms with van der Waals surface area (Å²) in [6, 6.07) is 4.92. The number of anilines is 2. The molecule has 1 aliphatic rings. The highest BCUT2D eigenvalue weighted by Gasteiger charge is 2.29. The largest absolute Gasteiger partial charge is 0.397 e. The Morgan fingerprint density at radius 1 is 1.37 bits per heavy atom. The SMILES string of the molecule is CNS(=O)(=O)c1ccc(N)c(NC2CC(OC)C2)c1. The van der Waals surface area contributed by atoms with Gasteiger partial charge in [0.25, 0.3) is 0 Å². The van der Waals surface area contributed by atoms with Crippen molar-refractivity contribution in [1.29, 1.82) is 0 Å². The van der Waals surface area contributed by atoms with Crippen LogP contribution >= 0.6 is 0 Å². The van der Waals surface area contributed by atoms with Gasteiger partial charge in [0, 0.05) is 13.2 Å². The lowest BCUT2D eigenvalue weighted by Crippen LogP contribution is -2.40. The summed E-state index contributed by atoms with van der Waals surface area (Å²) in [4.78, 5) is 0.203. The van der Waals surface area contributed by atoms with E-state index in [1.165, 1.54) is 13.1 Å². The third-order valence-corrected chi connectivity index (χ3v) is 4.80. The average Bonchev–Trinajstić information content (AvgIpc) is 2.35. The van der Waals surface area contributed by atoms with Crippen molar-refractivity contribution in [2.24, 2.45) is 0 Å². The first kappa shape index (κ1) is 14.1. The molecule has 1 fully saturated rings. The fraction of sp³-hybridized carbons (Fsp3) is 0.500. The summed E-state index contributed by atoms with van der Waals surface area (Å²) in [5.41, 5.74) is 7.05. The number of ether oxygens (including phenoxy) is 1. The topological polar surface area (TPSA) is 93.5 Å². The van der Waals surface area contributed by atoms with Crippen molar-refractivity contribution in [3.8, 4) is 0 Å². The highest BCUT2D eigenvalue weighted by atomic mass is 32.2. The third kappa shape index (κ3) is 2.99. The van der Waals surface area contributed by atoms with Crippen molar-refractivity contribution in [2.45, 2.75) is 29.9 Å². The summed E-state index contributed by atoms with van der Waals surface area (Å²) in [5.74, 6) is 0. The number of sulfonamides is 1. The number of rotatable bonds is 5. The van der Waals surface area contributed by atoms with Crippen LogP contribution in [0, 0.1) is 0 Å². The van der Waals surface area contributed by atoms with Crippen molar-refractivity contribution in [1.82, 2.24) is 4.72 Å². The number of hydrogen-bond acceptors (Lipinski definition) is 5. The lowest BCUT2D eigenvalue weighted by molar-refractivity contribution is 0.0329. The Balaban J connectivity index is 2.15. The van der Waals surface area contributed by atoms with Crippen molar-refractivity contribution in [2.75, 3.05) is 25.2 Å². The van der Waals surface area contributed by atoms with Crippen LogP contribution in [0.1, 0.15) is 12.8 Å². The fourth-order valence-corrected chi connectivity index (χ4v) is 2.80. The zero-order valence-electron chi connectivity index (χ0n) is 11.0. The van der Waals surface area contributed by atoms with Gasteiger partial charge in [0.15, 0.2) is 0 Å². The van der Waals surface area contributed by atoms with Crippen LogP contribution in [0.3, 0.4) is 0 Å². The van der Waals surface area contributed by atoms with E-state index in [4.69, 9.17) is 10.5 Å². The summed E-state index contributed by atoms with van der Waals surface area (Å²) in [5, 5.41) is 3.25. The van der Waals surface area contributed by atoms with E-state index in [9.17, 15) is 8.42 Å². The predicted octanol–water partition coefficient (Wildman–Crippen LogP) is 0.766. The van der Waals surface area contributed by atoms with Gasteiger partial charge in [-0.05, 0) is 38.1 Å².